The third-order valence-electron chi connectivity index (χ3n) is 2.58. The van der Waals surface area contributed by atoms with Gasteiger partial charge in [-0.05, 0) is 18.6 Å². The van der Waals surface area contributed by atoms with E-state index in [4.69, 9.17) is 0 Å². The Balaban J connectivity index is 3.23. The zero-order valence-corrected chi connectivity index (χ0v) is 11.4. The smallest absolute Gasteiger partial charge is 0.373 e. The lowest BCUT2D eigenvalue weighted by Gasteiger charge is -2.25. The maximum atomic E-state index is 12.8. The van der Waals surface area contributed by atoms with E-state index in [0.29, 0.717) is 12.5 Å². The maximum absolute atomic E-state index is 12.8. The summed E-state index contributed by atoms with van der Waals surface area (Å²) in [5.41, 5.74) is -1.04. The van der Waals surface area contributed by atoms with Crippen molar-refractivity contribution < 1.29 is 26.3 Å². The van der Waals surface area contributed by atoms with Crippen LogP contribution in [0.25, 0.3) is 0 Å². The van der Waals surface area contributed by atoms with E-state index >= 15 is 0 Å². The molecule has 0 fully saturated rings. The molecule has 0 bridgehead atoms. The largest absolute Gasteiger partial charge is 0.416 e. The second-order valence-electron chi connectivity index (χ2n) is 4.38. The van der Waals surface area contributed by atoms with E-state index in [1.807, 2.05) is 0 Å². The van der Waals surface area contributed by atoms with Gasteiger partial charge in [-0.1, -0.05) is 6.92 Å². The van der Waals surface area contributed by atoms with Crippen molar-refractivity contribution in [3.8, 4) is 0 Å². The van der Waals surface area contributed by atoms with E-state index in [1.54, 1.807) is 6.92 Å². The van der Waals surface area contributed by atoms with Gasteiger partial charge >= 0.3 is 12.4 Å². The SMILES string of the molecule is CCCN(CC(F)(F)F)c1cc(C(F)(F)F)cc(NC)n1. The third kappa shape index (κ3) is 5.31. The molecular formula is C12H15F6N3. The van der Waals surface area contributed by atoms with Gasteiger partial charge in [0.15, 0.2) is 0 Å². The number of anilines is 2. The first kappa shape index (κ1) is 17.4. The number of halogens is 6. The molecule has 0 radical (unpaired) electrons. The van der Waals surface area contributed by atoms with Crippen molar-refractivity contribution in [2.75, 3.05) is 30.4 Å². The van der Waals surface area contributed by atoms with E-state index < -0.39 is 24.5 Å². The minimum absolute atomic E-state index is 0.0447. The van der Waals surface area contributed by atoms with Crippen LogP contribution in [-0.2, 0) is 6.18 Å². The van der Waals surface area contributed by atoms with Crippen molar-refractivity contribution in [3.63, 3.8) is 0 Å². The van der Waals surface area contributed by atoms with Crippen LogP contribution in [-0.4, -0.2) is 31.3 Å². The number of pyridine rings is 1. The highest BCUT2D eigenvalue weighted by Gasteiger charge is 2.34. The number of nitrogens with one attached hydrogen (secondary N) is 1. The highest BCUT2D eigenvalue weighted by molar-refractivity contribution is 5.51. The molecule has 21 heavy (non-hydrogen) atoms. The number of hydrogen-bond acceptors (Lipinski definition) is 3. The van der Waals surface area contributed by atoms with Crippen LogP contribution in [0.2, 0.25) is 0 Å². The standard InChI is InChI=1S/C12H15F6N3/c1-3-4-21(7-11(13,14)15)10-6-8(12(16,17)18)5-9(19-2)20-10/h5-6H,3-4,7H2,1-2H3,(H,19,20). The minimum Gasteiger partial charge on any atom is -0.373 e. The van der Waals surface area contributed by atoms with Gasteiger partial charge in [-0.25, -0.2) is 4.98 Å². The zero-order valence-electron chi connectivity index (χ0n) is 11.4. The quantitative estimate of drug-likeness (QED) is 0.835. The molecule has 0 aliphatic rings. The molecule has 9 heteroatoms. The molecular weight excluding hydrogens is 300 g/mol. The number of rotatable bonds is 5. The molecule has 120 valence electrons. The van der Waals surface area contributed by atoms with Crippen LogP contribution in [0.15, 0.2) is 12.1 Å². The Labute approximate surface area is 118 Å². The summed E-state index contributed by atoms with van der Waals surface area (Å²) in [6, 6.07) is 1.38. The number of nitrogens with zero attached hydrogens (tertiary/aromatic N) is 2. The Kier molecular flexibility index (Phi) is 5.30. The molecule has 0 aliphatic heterocycles. The van der Waals surface area contributed by atoms with Gasteiger partial charge in [0.05, 0.1) is 5.56 Å². The van der Waals surface area contributed by atoms with Gasteiger partial charge in [0, 0.05) is 13.6 Å². The third-order valence-corrected chi connectivity index (χ3v) is 2.58. The first-order valence-corrected chi connectivity index (χ1v) is 6.15. The zero-order chi connectivity index (χ0) is 16.3. The van der Waals surface area contributed by atoms with E-state index in [-0.39, 0.29) is 18.2 Å². The predicted molar refractivity (Wildman–Crippen MR) is 67.3 cm³/mol. The summed E-state index contributed by atoms with van der Waals surface area (Å²) in [5, 5.41) is 2.42. The van der Waals surface area contributed by atoms with Crippen molar-refractivity contribution in [1.29, 1.82) is 0 Å². The van der Waals surface area contributed by atoms with E-state index in [2.05, 4.69) is 10.3 Å². The molecule has 0 unspecified atom stereocenters. The Morgan fingerprint density at radius 2 is 1.76 bits per heavy atom. The number of hydrogen-bond donors (Lipinski definition) is 1. The summed E-state index contributed by atoms with van der Waals surface area (Å²) >= 11 is 0. The molecule has 0 aromatic carbocycles. The normalized spacial score (nSPS) is 12.4. The second-order valence-corrected chi connectivity index (χ2v) is 4.38. The highest BCUT2D eigenvalue weighted by Crippen LogP contribution is 2.33. The lowest BCUT2D eigenvalue weighted by molar-refractivity contribution is -0.137. The van der Waals surface area contributed by atoms with Gasteiger partial charge in [0.1, 0.15) is 18.2 Å². The van der Waals surface area contributed by atoms with Gasteiger partial charge in [-0.2, -0.15) is 26.3 Å². The summed E-state index contributed by atoms with van der Waals surface area (Å²) in [4.78, 5) is 4.57. The molecule has 3 nitrogen and oxygen atoms in total. The van der Waals surface area contributed by atoms with Crippen LogP contribution in [0.4, 0.5) is 38.0 Å². The Morgan fingerprint density at radius 1 is 1.14 bits per heavy atom. The Morgan fingerprint density at radius 3 is 2.19 bits per heavy atom. The monoisotopic (exact) mass is 315 g/mol. The van der Waals surface area contributed by atoms with Crippen LogP contribution < -0.4 is 10.2 Å². The molecule has 1 rings (SSSR count). The predicted octanol–water partition coefficient (Wildman–Crippen LogP) is 3.92. The summed E-state index contributed by atoms with van der Waals surface area (Å²) in [6.45, 7) is 0.241. The van der Waals surface area contributed by atoms with E-state index in [0.717, 1.165) is 11.0 Å². The molecule has 0 aliphatic carbocycles. The molecule has 1 aromatic heterocycles. The van der Waals surface area contributed by atoms with Crippen LogP contribution in [0.1, 0.15) is 18.9 Å². The molecule has 0 atom stereocenters. The fraction of sp³-hybridized carbons (Fsp3) is 0.583. The van der Waals surface area contributed by atoms with Gasteiger partial charge in [-0.15, -0.1) is 0 Å². The van der Waals surface area contributed by atoms with Crippen molar-refractivity contribution in [2.45, 2.75) is 25.7 Å². The van der Waals surface area contributed by atoms with Crippen LogP contribution in [0.3, 0.4) is 0 Å². The van der Waals surface area contributed by atoms with Crippen LogP contribution in [0, 0.1) is 0 Å². The average Bonchev–Trinajstić information content (AvgIpc) is 2.35. The van der Waals surface area contributed by atoms with Crippen LogP contribution in [0.5, 0.6) is 0 Å². The fourth-order valence-corrected chi connectivity index (χ4v) is 1.73. The Hall–Kier alpha value is -1.67. The minimum atomic E-state index is -4.65. The van der Waals surface area contributed by atoms with E-state index in [1.165, 1.54) is 7.05 Å². The van der Waals surface area contributed by atoms with Gasteiger partial charge in [-0.3, -0.25) is 0 Å². The summed E-state index contributed by atoms with van der Waals surface area (Å²) in [5.74, 6) is -0.489. The fourth-order valence-electron chi connectivity index (χ4n) is 1.73. The van der Waals surface area contributed by atoms with Crippen molar-refractivity contribution in [2.24, 2.45) is 0 Å². The first-order valence-electron chi connectivity index (χ1n) is 6.15. The lowest BCUT2D eigenvalue weighted by Crippen LogP contribution is -2.35. The molecule has 0 saturated carbocycles. The van der Waals surface area contributed by atoms with Gasteiger partial charge in [0.2, 0.25) is 0 Å². The molecule has 1 N–H and O–H groups in total. The summed E-state index contributed by atoms with van der Waals surface area (Å²) in [7, 11) is 1.35. The first-order chi connectivity index (χ1) is 9.56. The molecule has 0 saturated heterocycles. The Bertz CT molecular complexity index is 469. The maximum Gasteiger partial charge on any atom is 0.416 e. The van der Waals surface area contributed by atoms with Crippen molar-refractivity contribution in [3.05, 3.63) is 17.7 Å². The summed E-state index contributed by atoms with van der Waals surface area (Å²) in [6.07, 6.45) is -8.83. The topological polar surface area (TPSA) is 28.2 Å². The summed E-state index contributed by atoms with van der Waals surface area (Å²) < 4.78 is 75.9. The molecule has 0 amide bonds. The van der Waals surface area contributed by atoms with Crippen molar-refractivity contribution in [1.82, 2.24) is 4.98 Å². The number of alkyl halides is 6. The molecule has 0 spiro atoms. The average molecular weight is 315 g/mol. The highest BCUT2D eigenvalue weighted by atomic mass is 19.4. The van der Waals surface area contributed by atoms with E-state index in [9.17, 15) is 26.3 Å². The van der Waals surface area contributed by atoms with Gasteiger partial charge < -0.3 is 10.2 Å². The van der Waals surface area contributed by atoms with Crippen LogP contribution >= 0.6 is 0 Å². The second kappa shape index (κ2) is 6.40. The van der Waals surface area contributed by atoms with Gasteiger partial charge in [0.25, 0.3) is 0 Å². The number of aromatic nitrogens is 1. The van der Waals surface area contributed by atoms with Crippen molar-refractivity contribution >= 4 is 11.6 Å². The molecule has 1 aromatic rings. The molecule has 1 heterocycles. The lowest BCUT2D eigenvalue weighted by atomic mass is 10.2.